The summed E-state index contributed by atoms with van der Waals surface area (Å²) in [4.78, 5) is 2.08. The minimum atomic E-state index is -0.881. The minimum Gasteiger partial charge on any atom is -0.493 e. The fraction of sp³-hybridized carbons (Fsp3) is 0.750. The predicted octanol–water partition coefficient (Wildman–Crippen LogP) is -0.238. The first-order valence-corrected chi connectivity index (χ1v) is 6.19. The van der Waals surface area contributed by atoms with Gasteiger partial charge < -0.3 is 20.5 Å². The zero-order valence-corrected chi connectivity index (χ0v) is 11.3. The Morgan fingerprint density at radius 2 is 2.28 bits per heavy atom. The van der Waals surface area contributed by atoms with Crippen LogP contribution >= 0.6 is 0 Å². The standard InChI is InChI=1S/C12H22N4O2/c1-15(2)4-5-16-11(10(18-3)8-14-16)12(17)6-9(13)7-12/h8-9,17H,4-7,13H2,1-3H3. The number of ether oxygens (including phenoxy) is 1. The maximum Gasteiger partial charge on any atom is 0.162 e. The molecule has 6 nitrogen and oxygen atoms in total. The maximum atomic E-state index is 10.6. The second-order valence-electron chi connectivity index (χ2n) is 5.29. The van der Waals surface area contributed by atoms with Gasteiger partial charge in [0.1, 0.15) is 11.3 Å². The van der Waals surface area contributed by atoms with Crippen molar-refractivity contribution < 1.29 is 9.84 Å². The molecule has 1 aliphatic rings. The average molecular weight is 254 g/mol. The molecule has 0 aromatic carbocycles. The van der Waals surface area contributed by atoms with Crippen molar-refractivity contribution in [1.82, 2.24) is 14.7 Å². The third-order valence-electron chi connectivity index (χ3n) is 3.43. The summed E-state index contributed by atoms with van der Waals surface area (Å²) in [6.07, 6.45) is 2.79. The molecule has 1 aromatic heterocycles. The number of likely N-dealkylation sites (N-methyl/N-ethyl adjacent to an activating group) is 1. The quantitative estimate of drug-likeness (QED) is 0.758. The van der Waals surface area contributed by atoms with Crippen LogP contribution in [0.3, 0.4) is 0 Å². The van der Waals surface area contributed by atoms with E-state index >= 15 is 0 Å². The molecule has 0 unspecified atom stereocenters. The minimum absolute atomic E-state index is 0.0666. The van der Waals surface area contributed by atoms with E-state index in [-0.39, 0.29) is 6.04 Å². The summed E-state index contributed by atoms with van der Waals surface area (Å²) in [6.45, 7) is 1.59. The maximum absolute atomic E-state index is 10.6. The van der Waals surface area contributed by atoms with Crippen LogP contribution in [0.15, 0.2) is 6.20 Å². The van der Waals surface area contributed by atoms with Crippen LogP contribution < -0.4 is 10.5 Å². The van der Waals surface area contributed by atoms with Crippen LogP contribution in [-0.4, -0.2) is 53.6 Å². The van der Waals surface area contributed by atoms with Crippen LogP contribution in [0.25, 0.3) is 0 Å². The lowest BCUT2D eigenvalue weighted by Crippen LogP contribution is -2.50. The molecule has 6 heteroatoms. The number of nitrogens with two attached hydrogens (primary N) is 1. The first kappa shape index (κ1) is 13.3. The summed E-state index contributed by atoms with van der Waals surface area (Å²) in [5.74, 6) is 0.642. The van der Waals surface area contributed by atoms with Crippen LogP contribution in [0.4, 0.5) is 0 Å². The molecule has 1 saturated carbocycles. The van der Waals surface area contributed by atoms with Gasteiger partial charge in [0.15, 0.2) is 5.75 Å². The van der Waals surface area contributed by atoms with Crippen LogP contribution in [-0.2, 0) is 12.1 Å². The highest BCUT2D eigenvalue weighted by Crippen LogP contribution is 2.44. The van der Waals surface area contributed by atoms with E-state index in [1.807, 2.05) is 18.8 Å². The van der Waals surface area contributed by atoms with Crippen molar-refractivity contribution in [3.63, 3.8) is 0 Å². The SMILES string of the molecule is COc1cnn(CCN(C)C)c1C1(O)CC(N)C1. The highest BCUT2D eigenvalue weighted by molar-refractivity contribution is 5.33. The first-order valence-electron chi connectivity index (χ1n) is 6.19. The number of methoxy groups -OCH3 is 1. The van der Waals surface area contributed by atoms with Gasteiger partial charge in [-0.05, 0) is 26.9 Å². The Labute approximate surface area is 107 Å². The molecule has 102 valence electrons. The number of hydrogen-bond acceptors (Lipinski definition) is 5. The molecule has 0 radical (unpaired) electrons. The van der Waals surface area contributed by atoms with Gasteiger partial charge in [0.05, 0.1) is 19.9 Å². The van der Waals surface area contributed by atoms with E-state index in [9.17, 15) is 5.11 Å². The first-order chi connectivity index (χ1) is 8.46. The number of aliphatic hydroxyl groups is 1. The van der Waals surface area contributed by atoms with Crippen LogP contribution in [0.5, 0.6) is 5.75 Å². The Bertz CT molecular complexity index is 410. The van der Waals surface area contributed by atoms with E-state index in [0.29, 0.717) is 18.6 Å². The molecule has 1 heterocycles. The second-order valence-corrected chi connectivity index (χ2v) is 5.29. The Balaban J connectivity index is 2.23. The Kier molecular flexibility index (Phi) is 3.61. The molecule has 1 aliphatic carbocycles. The molecule has 3 N–H and O–H groups in total. The number of hydrogen-bond donors (Lipinski definition) is 2. The summed E-state index contributed by atoms with van der Waals surface area (Å²) in [6, 6.07) is 0.0666. The van der Waals surface area contributed by atoms with E-state index in [4.69, 9.17) is 10.5 Å². The van der Waals surface area contributed by atoms with E-state index in [2.05, 4.69) is 10.00 Å². The zero-order valence-electron chi connectivity index (χ0n) is 11.3. The Morgan fingerprint density at radius 1 is 1.61 bits per heavy atom. The van der Waals surface area contributed by atoms with Crippen molar-refractivity contribution in [3.8, 4) is 5.75 Å². The molecule has 1 fully saturated rings. The molecule has 0 amide bonds. The molecule has 0 saturated heterocycles. The molecule has 18 heavy (non-hydrogen) atoms. The number of rotatable bonds is 5. The van der Waals surface area contributed by atoms with Crippen molar-refractivity contribution >= 4 is 0 Å². The summed E-state index contributed by atoms with van der Waals surface area (Å²) in [7, 11) is 5.61. The van der Waals surface area contributed by atoms with Crippen LogP contribution in [0.2, 0.25) is 0 Å². The van der Waals surface area contributed by atoms with E-state index in [1.165, 1.54) is 0 Å². The van der Waals surface area contributed by atoms with Gasteiger partial charge >= 0.3 is 0 Å². The van der Waals surface area contributed by atoms with Crippen LogP contribution in [0.1, 0.15) is 18.5 Å². The van der Waals surface area contributed by atoms with Gasteiger partial charge in [0.25, 0.3) is 0 Å². The molecule has 0 spiro atoms. The molecule has 0 bridgehead atoms. The topological polar surface area (TPSA) is 76.5 Å². The lowest BCUT2D eigenvalue weighted by Gasteiger charge is -2.42. The summed E-state index contributed by atoms with van der Waals surface area (Å²) >= 11 is 0. The highest BCUT2D eigenvalue weighted by Gasteiger charge is 2.46. The molecular formula is C12H22N4O2. The monoisotopic (exact) mass is 254 g/mol. The van der Waals surface area contributed by atoms with Gasteiger partial charge in [-0.1, -0.05) is 0 Å². The fourth-order valence-corrected chi connectivity index (χ4v) is 2.45. The Hall–Kier alpha value is -1.11. The molecule has 0 aliphatic heterocycles. The highest BCUT2D eigenvalue weighted by atomic mass is 16.5. The van der Waals surface area contributed by atoms with Crippen molar-refractivity contribution in [2.75, 3.05) is 27.7 Å². The van der Waals surface area contributed by atoms with Gasteiger partial charge in [0, 0.05) is 12.6 Å². The van der Waals surface area contributed by atoms with E-state index in [1.54, 1.807) is 13.3 Å². The van der Waals surface area contributed by atoms with Crippen LogP contribution in [0, 0.1) is 0 Å². The van der Waals surface area contributed by atoms with E-state index in [0.717, 1.165) is 18.8 Å². The van der Waals surface area contributed by atoms with Gasteiger partial charge in [-0.15, -0.1) is 0 Å². The zero-order chi connectivity index (χ0) is 13.3. The largest absolute Gasteiger partial charge is 0.493 e. The number of nitrogens with zero attached hydrogens (tertiary/aromatic N) is 3. The molecule has 2 rings (SSSR count). The third-order valence-corrected chi connectivity index (χ3v) is 3.43. The molecular weight excluding hydrogens is 232 g/mol. The van der Waals surface area contributed by atoms with Gasteiger partial charge in [-0.3, -0.25) is 4.68 Å². The van der Waals surface area contributed by atoms with Crippen molar-refractivity contribution in [2.24, 2.45) is 5.73 Å². The lowest BCUT2D eigenvalue weighted by atomic mass is 9.73. The molecule has 1 aromatic rings. The smallest absolute Gasteiger partial charge is 0.162 e. The van der Waals surface area contributed by atoms with Crippen molar-refractivity contribution in [3.05, 3.63) is 11.9 Å². The van der Waals surface area contributed by atoms with Crippen molar-refractivity contribution in [2.45, 2.75) is 31.0 Å². The third kappa shape index (κ3) is 2.36. The van der Waals surface area contributed by atoms with Gasteiger partial charge in [0.2, 0.25) is 0 Å². The Morgan fingerprint density at radius 3 is 2.78 bits per heavy atom. The summed E-state index contributed by atoms with van der Waals surface area (Å²) in [5.41, 5.74) is 5.66. The summed E-state index contributed by atoms with van der Waals surface area (Å²) < 4.78 is 7.12. The fourth-order valence-electron chi connectivity index (χ4n) is 2.45. The van der Waals surface area contributed by atoms with Gasteiger partial charge in [-0.25, -0.2) is 0 Å². The molecule has 0 atom stereocenters. The van der Waals surface area contributed by atoms with Gasteiger partial charge in [-0.2, -0.15) is 5.10 Å². The summed E-state index contributed by atoms with van der Waals surface area (Å²) in [5, 5.41) is 14.9. The second kappa shape index (κ2) is 4.87. The van der Waals surface area contributed by atoms with Crippen molar-refractivity contribution in [1.29, 1.82) is 0 Å². The average Bonchev–Trinajstić information content (AvgIpc) is 2.67. The normalized spacial score (nSPS) is 27.3. The predicted molar refractivity (Wildman–Crippen MR) is 68.4 cm³/mol. The number of aromatic nitrogens is 2. The van der Waals surface area contributed by atoms with E-state index < -0.39 is 5.60 Å². The lowest BCUT2D eigenvalue weighted by molar-refractivity contribution is -0.0611.